The molecule has 3 aromatic rings. The zero-order valence-corrected chi connectivity index (χ0v) is 22.9. The molecule has 1 aliphatic rings. The molecule has 0 bridgehead atoms. The van der Waals surface area contributed by atoms with E-state index in [-0.39, 0.29) is 30.1 Å². The van der Waals surface area contributed by atoms with Crippen LogP contribution in [0.15, 0.2) is 78.9 Å². The third kappa shape index (κ3) is 8.18. The number of aliphatic carboxylic acids is 1. The number of hydrogen-bond acceptors (Lipinski definition) is 4. The van der Waals surface area contributed by atoms with E-state index in [1.165, 1.54) is 5.56 Å². The number of nitrogen functional groups attached to an aromatic ring is 1. The SMILES string of the molecule is N=C(N)c1ccc(-c2ccc(OC[C@@H]3C[C@@H](CCCCCC(=O)O)C(=O)N3CCCc3ccccc3)cc2)cc1. The molecule has 7 heteroatoms. The Balaban J connectivity index is 1.34. The van der Waals surface area contributed by atoms with Gasteiger partial charge in [-0.2, -0.15) is 0 Å². The summed E-state index contributed by atoms with van der Waals surface area (Å²) >= 11 is 0. The lowest BCUT2D eigenvalue weighted by Crippen LogP contribution is -2.38. The number of nitrogens with one attached hydrogen (secondary N) is 1. The van der Waals surface area contributed by atoms with Crippen LogP contribution in [0.4, 0.5) is 0 Å². The number of benzene rings is 3. The Labute approximate surface area is 236 Å². The molecular formula is C33H39N3O4. The van der Waals surface area contributed by atoms with Gasteiger partial charge < -0.3 is 20.5 Å². The highest BCUT2D eigenvalue weighted by molar-refractivity contribution is 5.95. The maximum atomic E-state index is 13.4. The average Bonchev–Trinajstić information content (AvgIpc) is 3.26. The molecule has 0 aliphatic carbocycles. The maximum Gasteiger partial charge on any atom is 0.303 e. The van der Waals surface area contributed by atoms with Gasteiger partial charge in [0.2, 0.25) is 5.91 Å². The van der Waals surface area contributed by atoms with Gasteiger partial charge in [-0.25, -0.2) is 0 Å². The monoisotopic (exact) mass is 541 g/mol. The maximum absolute atomic E-state index is 13.4. The van der Waals surface area contributed by atoms with Crippen LogP contribution in [0.3, 0.4) is 0 Å². The summed E-state index contributed by atoms with van der Waals surface area (Å²) in [5.41, 5.74) is 9.60. The smallest absolute Gasteiger partial charge is 0.303 e. The van der Waals surface area contributed by atoms with Gasteiger partial charge in [-0.3, -0.25) is 15.0 Å². The number of likely N-dealkylation sites (tertiary alicyclic amines) is 1. The van der Waals surface area contributed by atoms with E-state index in [0.717, 1.165) is 55.4 Å². The van der Waals surface area contributed by atoms with Crippen LogP contribution in [0.1, 0.15) is 56.1 Å². The van der Waals surface area contributed by atoms with Crippen molar-refractivity contribution in [2.24, 2.45) is 11.7 Å². The molecule has 1 saturated heterocycles. The first kappa shape index (κ1) is 28.9. The predicted molar refractivity (Wildman–Crippen MR) is 157 cm³/mol. The number of nitrogens with two attached hydrogens (primary N) is 1. The lowest BCUT2D eigenvalue weighted by atomic mass is 9.97. The van der Waals surface area contributed by atoms with Crippen LogP contribution in [0.5, 0.6) is 5.75 Å². The summed E-state index contributed by atoms with van der Waals surface area (Å²) in [4.78, 5) is 26.2. The largest absolute Gasteiger partial charge is 0.491 e. The van der Waals surface area contributed by atoms with Crippen LogP contribution < -0.4 is 10.5 Å². The van der Waals surface area contributed by atoms with Crippen molar-refractivity contribution in [3.05, 3.63) is 90.0 Å². The van der Waals surface area contributed by atoms with Crippen molar-refractivity contribution in [2.45, 2.75) is 57.4 Å². The number of carboxylic acids is 1. The van der Waals surface area contributed by atoms with Crippen molar-refractivity contribution in [2.75, 3.05) is 13.2 Å². The van der Waals surface area contributed by atoms with Crippen LogP contribution in [-0.4, -0.2) is 46.9 Å². The van der Waals surface area contributed by atoms with E-state index in [2.05, 4.69) is 12.1 Å². The van der Waals surface area contributed by atoms with Gasteiger partial charge in [-0.05, 0) is 60.9 Å². The van der Waals surface area contributed by atoms with Gasteiger partial charge in [-0.1, -0.05) is 79.6 Å². The van der Waals surface area contributed by atoms with Gasteiger partial charge >= 0.3 is 5.97 Å². The molecule has 2 atom stereocenters. The van der Waals surface area contributed by atoms with Gasteiger partial charge in [-0.15, -0.1) is 0 Å². The van der Waals surface area contributed by atoms with E-state index in [1.54, 1.807) is 0 Å². The standard InChI is InChI=1S/C33H39N3O4/c34-32(35)27-15-13-25(14-16-27)26-17-19-30(20-18-26)40-23-29-22-28(11-5-2-6-12-31(37)38)33(39)36(29)21-7-10-24-8-3-1-4-9-24/h1,3-4,8-9,13-20,28-29H,2,5-7,10-12,21-23H2,(H3,34,35)(H,37,38)/t28-,29+/m1/s1. The zero-order valence-electron chi connectivity index (χ0n) is 22.9. The van der Waals surface area contributed by atoms with Crippen molar-refractivity contribution in [3.8, 4) is 16.9 Å². The topological polar surface area (TPSA) is 117 Å². The number of rotatable bonds is 15. The molecule has 7 nitrogen and oxygen atoms in total. The lowest BCUT2D eigenvalue weighted by molar-refractivity contribution is -0.137. The predicted octanol–water partition coefficient (Wildman–Crippen LogP) is 5.90. The first-order valence-corrected chi connectivity index (χ1v) is 14.1. The first-order chi connectivity index (χ1) is 19.4. The Morgan fingerprint density at radius 1 is 0.925 bits per heavy atom. The molecule has 1 aliphatic heterocycles. The number of amidine groups is 1. The molecular weight excluding hydrogens is 502 g/mol. The van der Waals surface area contributed by atoms with Crippen molar-refractivity contribution in [1.29, 1.82) is 5.41 Å². The molecule has 0 radical (unpaired) electrons. The third-order valence-corrected chi connectivity index (χ3v) is 7.61. The third-order valence-electron chi connectivity index (χ3n) is 7.61. The van der Waals surface area contributed by atoms with Gasteiger partial charge in [0.15, 0.2) is 0 Å². The van der Waals surface area contributed by atoms with E-state index in [0.29, 0.717) is 25.1 Å². The second kappa shape index (κ2) is 14.3. The van der Waals surface area contributed by atoms with Crippen LogP contribution in [-0.2, 0) is 16.0 Å². The van der Waals surface area contributed by atoms with Crippen LogP contribution in [0.25, 0.3) is 11.1 Å². The molecule has 1 amide bonds. The Kier molecular flexibility index (Phi) is 10.3. The number of hydrogen-bond donors (Lipinski definition) is 3. The molecule has 0 saturated carbocycles. The van der Waals surface area contributed by atoms with Crippen LogP contribution in [0.2, 0.25) is 0 Å². The highest BCUT2D eigenvalue weighted by Crippen LogP contribution is 2.31. The molecule has 1 heterocycles. The minimum absolute atomic E-state index is 0.0195. The van der Waals surface area contributed by atoms with Crippen molar-refractivity contribution in [3.63, 3.8) is 0 Å². The summed E-state index contributed by atoms with van der Waals surface area (Å²) in [5, 5.41) is 16.4. The number of carbonyl (C=O) groups excluding carboxylic acids is 1. The number of unbranched alkanes of at least 4 members (excludes halogenated alkanes) is 2. The van der Waals surface area contributed by atoms with Gasteiger partial charge in [0.05, 0.1) is 6.04 Å². The van der Waals surface area contributed by atoms with Crippen LogP contribution >= 0.6 is 0 Å². The zero-order chi connectivity index (χ0) is 28.3. The second-order valence-corrected chi connectivity index (χ2v) is 10.5. The Morgan fingerprint density at radius 2 is 1.60 bits per heavy atom. The molecule has 3 aromatic carbocycles. The summed E-state index contributed by atoms with van der Waals surface area (Å²) in [6.45, 7) is 1.14. The fourth-order valence-electron chi connectivity index (χ4n) is 5.38. The minimum atomic E-state index is -0.766. The Morgan fingerprint density at radius 3 is 2.25 bits per heavy atom. The fraction of sp³-hybridized carbons (Fsp3) is 0.364. The van der Waals surface area contributed by atoms with E-state index >= 15 is 0 Å². The Bertz CT molecular complexity index is 1260. The van der Waals surface area contributed by atoms with E-state index < -0.39 is 5.97 Å². The number of nitrogens with zero attached hydrogens (tertiary/aromatic N) is 1. The fourth-order valence-corrected chi connectivity index (χ4v) is 5.38. The number of carbonyl (C=O) groups is 2. The highest BCUT2D eigenvalue weighted by Gasteiger charge is 2.38. The van der Waals surface area contributed by atoms with Gasteiger partial charge in [0.1, 0.15) is 18.2 Å². The summed E-state index contributed by atoms with van der Waals surface area (Å²) in [6, 6.07) is 25.9. The lowest BCUT2D eigenvalue weighted by Gasteiger charge is -2.25. The first-order valence-electron chi connectivity index (χ1n) is 14.1. The Hall–Kier alpha value is -4.13. The van der Waals surface area contributed by atoms with E-state index in [9.17, 15) is 9.59 Å². The van der Waals surface area contributed by atoms with Crippen molar-refractivity contribution >= 4 is 17.7 Å². The quantitative estimate of drug-likeness (QED) is 0.126. The number of amides is 1. The second-order valence-electron chi connectivity index (χ2n) is 10.5. The summed E-state index contributed by atoms with van der Waals surface area (Å²) < 4.78 is 6.19. The van der Waals surface area contributed by atoms with Gasteiger partial charge in [0, 0.05) is 24.4 Å². The van der Waals surface area contributed by atoms with E-state index in [4.69, 9.17) is 21.0 Å². The summed E-state index contributed by atoms with van der Waals surface area (Å²) in [7, 11) is 0. The molecule has 40 heavy (non-hydrogen) atoms. The summed E-state index contributed by atoms with van der Waals surface area (Å²) in [5.74, 6) is 0.213. The number of aryl methyl sites for hydroxylation is 1. The molecule has 210 valence electrons. The molecule has 4 N–H and O–H groups in total. The minimum Gasteiger partial charge on any atom is -0.491 e. The molecule has 4 rings (SSSR count). The number of carboxylic acid groups (broad SMARTS) is 1. The molecule has 0 spiro atoms. The van der Waals surface area contributed by atoms with Crippen LogP contribution in [0, 0.1) is 11.3 Å². The molecule has 1 fully saturated rings. The summed E-state index contributed by atoms with van der Waals surface area (Å²) in [6.07, 6.45) is 5.91. The van der Waals surface area contributed by atoms with E-state index in [1.807, 2.05) is 71.6 Å². The normalized spacial score (nSPS) is 16.7. The average molecular weight is 542 g/mol. The van der Waals surface area contributed by atoms with Gasteiger partial charge in [0.25, 0.3) is 0 Å². The molecule has 0 aromatic heterocycles. The van der Waals surface area contributed by atoms with Crippen molar-refractivity contribution < 1.29 is 19.4 Å². The molecule has 0 unspecified atom stereocenters. The number of ether oxygens (including phenoxy) is 1. The highest BCUT2D eigenvalue weighted by atomic mass is 16.5. The van der Waals surface area contributed by atoms with Crippen molar-refractivity contribution in [1.82, 2.24) is 4.90 Å².